The molecule has 0 saturated heterocycles. The Morgan fingerprint density at radius 3 is 2.50 bits per heavy atom. The Morgan fingerprint density at radius 1 is 1.18 bits per heavy atom. The lowest BCUT2D eigenvalue weighted by Gasteiger charge is -2.15. The molecule has 0 aliphatic heterocycles. The summed E-state index contributed by atoms with van der Waals surface area (Å²) < 4.78 is 23.4. The minimum Gasteiger partial charge on any atom is -0.496 e. The van der Waals surface area contributed by atoms with Crippen LogP contribution in [0.15, 0.2) is 36.4 Å². The molecule has 0 spiro atoms. The number of nitrogens with one attached hydrogen (secondary N) is 1. The Labute approximate surface area is 166 Å². The van der Waals surface area contributed by atoms with E-state index >= 15 is 0 Å². The number of hydrogen-bond acceptors (Lipinski definition) is 5. The first kappa shape index (κ1) is 21.4. The molecule has 1 atom stereocenters. The molecular weight excluding hydrogens is 389 g/mol. The van der Waals surface area contributed by atoms with Gasteiger partial charge in [-0.3, -0.25) is 14.4 Å². The van der Waals surface area contributed by atoms with Gasteiger partial charge >= 0.3 is 5.97 Å². The van der Waals surface area contributed by atoms with Gasteiger partial charge in [0.2, 0.25) is 0 Å². The molecule has 1 N–H and O–H groups in total. The summed E-state index contributed by atoms with van der Waals surface area (Å²) in [7, 11) is 1.44. The molecule has 0 heterocycles. The monoisotopic (exact) mass is 407 g/mol. The van der Waals surface area contributed by atoms with Gasteiger partial charge in [0.25, 0.3) is 5.91 Å². The molecule has 8 heteroatoms. The highest BCUT2D eigenvalue weighted by Crippen LogP contribution is 2.23. The van der Waals surface area contributed by atoms with Crippen LogP contribution >= 0.6 is 11.6 Å². The molecule has 28 heavy (non-hydrogen) atoms. The topological polar surface area (TPSA) is 81.7 Å². The fourth-order valence-electron chi connectivity index (χ4n) is 2.41. The molecule has 1 amide bonds. The van der Waals surface area contributed by atoms with E-state index in [0.717, 1.165) is 12.1 Å². The number of halogens is 2. The summed E-state index contributed by atoms with van der Waals surface area (Å²) in [6, 6.07) is 8.24. The molecule has 2 aromatic carbocycles. The average molecular weight is 408 g/mol. The number of benzene rings is 2. The van der Waals surface area contributed by atoms with Crippen molar-refractivity contribution in [1.29, 1.82) is 0 Å². The van der Waals surface area contributed by atoms with Crippen molar-refractivity contribution < 1.29 is 28.2 Å². The molecule has 0 saturated carbocycles. The first-order valence-electron chi connectivity index (χ1n) is 8.34. The third-order valence-electron chi connectivity index (χ3n) is 3.89. The number of hydrogen-bond donors (Lipinski definition) is 1. The number of methoxy groups -OCH3 is 1. The maximum absolute atomic E-state index is 13.1. The van der Waals surface area contributed by atoms with Crippen LogP contribution in [0.3, 0.4) is 0 Å². The zero-order valence-corrected chi connectivity index (χ0v) is 16.3. The van der Waals surface area contributed by atoms with Gasteiger partial charge in [-0.2, -0.15) is 0 Å². The largest absolute Gasteiger partial charge is 0.496 e. The number of ether oxygens (including phenoxy) is 2. The summed E-state index contributed by atoms with van der Waals surface area (Å²) in [5.74, 6) is -1.55. The van der Waals surface area contributed by atoms with E-state index in [4.69, 9.17) is 21.1 Å². The van der Waals surface area contributed by atoms with E-state index in [2.05, 4.69) is 5.32 Å². The fraction of sp³-hybridized carbons (Fsp3) is 0.250. The van der Waals surface area contributed by atoms with Crippen molar-refractivity contribution in [2.24, 2.45) is 0 Å². The van der Waals surface area contributed by atoms with Crippen LogP contribution in [0.4, 0.5) is 10.1 Å². The minimum absolute atomic E-state index is 0.0256. The number of rotatable bonds is 7. The Balaban J connectivity index is 2.03. The van der Waals surface area contributed by atoms with E-state index < -0.39 is 23.8 Å². The maximum Gasteiger partial charge on any atom is 0.311 e. The van der Waals surface area contributed by atoms with Crippen LogP contribution in [0.25, 0.3) is 0 Å². The number of carbonyl (C=O) groups excluding carboxylic acids is 3. The van der Waals surface area contributed by atoms with Crippen LogP contribution in [-0.4, -0.2) is 30.9 Å². The first-order chi connectivity index (χ1) is 13.2. The molecule has 2 aromatic rings. The van der Waals surface area contributed by atoms with Crippen LogP contribution < -0.4 is 10.1 Å². The van der Waals surface area contributed by atoms with E-state index in [1.165, 1.54) is 27.0 Å². The molecule has 6 nitrogen and oxygen atoms in total. The van der Waals surface area contributed by atoms with Gasteiger partial charge in [-0.15, -0.1) is 0 Å². The number of esters is 1. The summed E-state index contributed by atoms with van der Waals surface area (Å²) in [6.45, 7) is 2.81. The van der Waals surface area contributed by atoms with Gasteiger partial charge in [0.1, 0.15) is 11.6 Å². The Hall–Kier alpha value is -2.93. The first-order valence-corrected chi connectivity index (χ1v) is 8.72. The van der Waals surface area contributed by atoms with Gasteiger partial charge in [-0.25, -0.2) is 4.39 Å². The predicted molar refractivity (Wildman–Crippen MR) is 102 cm³/mol. The van der Waals surface area contributed by atoms with E-state index in [-0.39, 0.29) is 22.9 Å². The molecule has 2 rings (SSSR count). The molecule has 0 fully saturated rings. The van der Waals surface area contributed by atoms with Crippen LogP contribution in [0, 0.1) is 5.82 Å². The second kappa shape index (κ2) is 9.32. The van der Waals surface area contributed by atoms with Crippen LogP contribution in [0.2, 0.25) is 5.02 Å². The van der Waals surface area contributed by atoms with Crippen LogP contribution in [-0.2, 0) is 20.7 Å². The summed E-state index contributed by atoms with van der Waals surface area (Å²) in [6.07, 6.45) is -1.30. The van der Waals surface area contributed by atoms with Crippen LogP contribution in [0.5, 0.6) is 5.75 Å². The third kappa shape index (κ3) is 5.53. The zero-order chi connectivity index (χ0) is 20.8. The lowest BCUT2D eigenvalue weighted by molar-refractivity contribution is -0.152. The quantitative estimate of drug-likeness (QED) is 0.557. The van der Waals surface area contributed by atoms with E-state index in [1.807, 2.05) is 0 Å². The molecule has 148 valence electrons. The standard InChI is InChI=1S/C20H19ClFNO5/c1-11(24)13-4-7-18(27-3)14(8-13)9-19(25)28-12(2)20(26)23-17-6-5-15(22)10-16(17)21/h4-8,10,12H,9H2,1-3H3,(H,23,26)/t12-/m0/s1. The average Bonchev–Trinajstić information content (AvgIpc) is 2.63. The van der Waals surface area contributed by atoms with Crippen molar-refractivity contribution in [1.82, 2.24) is 0 Å². The highest BCUT2D eigenvalue weighted by molar-refractivity contribution is 6.33. The highest BCUT2D eigenvalue weighted by Gasteiger charge is 2.20. The van der Waals surface area contributed by atoms with Gasteiger partial charge in [-0.05, 0) is 50.2 Å². The fourth-order valence-corrected chi connectivity index (χ4v) is 2.62. The third-order valence-corrected chi connectivity index (χ3v) is 4.20. The van der Waals surface area contributed by atoms with Gasteiger partial charge in [-0.1, -0.05) is 11.6 Å². The van der Waals surface area contributed by atoms with E-state index in [0.29, 0.717) is 16.9 Å². The second-order valence-corrected chi connectivity index (χ2v) is 6.41. The maximum atomic E-state index is 13.1. The number of anilines is 1. The van der Waals surface area contributed by atoms with Gasteiger partial charge in [0, 0.05) is 11.1 Å². The van der Waals surface area contributed by atoms with Gasteiger partial charge < -0.3 is 14.8 Å². The number of ketones is 1. The Morgan fingerprint density at radius 2 is 1.89 bits per heavy atom. The second-order valence-electron chi connectivity index (χ2n) is 6.01. The highest BCUT2D eigenvalue weighted by atomic mass is 35.5. The van der Waals surface area contributed by atoms with Crippen molar-refractivity contribution in [3.63, 3.8) is 0 Å². The van der Waals surface area contributed by atoms with E-state index in [1.54, 1.807) is 18.2 Å². The van der Waals surface area contributed by atoms with Crippen LogP contribution in [0.1, 0.15) is 29.8 Å². The number of amides is 1. The molecule has 0 aliphatic rings. The predicted octanol–water partition coefficient (Wildman–Crippen LogP) is 3.80. The molecule has 0 aromatic heterocycles. The van der Waals surface area contributed by atoms with Crippen molar-refractivity contribution in [2.75, 3.05) is 12.4 Å². The van der Waals surface area contributed by atoms with E-state index in [9.17, 15) is 18.8 Å². The van der Waals surface area contributed by atoms with Crippen molar-refractivity contribution >= 4 is 34.9 Å². The zero-order valence-electron chi connectivity index (χ0n) is 15.5. The summed E-state index contributed by atoms with van der Waals surface area (Å²) in [4.78, 5) is 35.9. The summed E-state index contributed by atoms with van der Waals surface area (Å²) >= 11 is 5.86. The number of carbonyl (C=O) groups is 3. The number of Topliss-reactive ketones (excluding diaryl/α,β-unsaturated/α-hetero) is 1. The van der Waals surface area contributed by atoms with Crippen molar-refractivity contribution in [3.05, 3.63) is 58.4 Å². The Bertz CT molecular complexity index is 915. The minimum atomic E-state index is -1.12. The molecule has 0 unspecified atom stereocenters. The molecule has 0 aliphatic carbocycles. The lowest BCUT2D eigenvalue weighted by atomic mass is 10.0. The lowest BCUT2D eigenvalue weighted by Crippen LogP contribution is -2.30. The molecule has 0 radical (unpaired) electrons. The SMILES string of the molecule is COc1ccc(C(C)=O)cc1CC(=O)O[C@@H](C)C(=O)Nc1ccc(F)cc1Cl. The molecule has 0 bridgehead atoms. The van der Waals surface area contributed by atoms with Gasteiger partial charge in [0.15, 0.2) is 11.9 Å². The summed E-state index contributed by atoms with van der Waals surface area (Å²) in [5.41, 5.74) is 1.10. The van der Waals surface area contributed by atoms with Crippen molar-refractivity contribution in [3.8, 4) is 5.75 Å². The smallest absolute Gasteiger partial charge is 0.311 e. The summed E-state index contributed by atoms with van der Waals surface area (Å²) in [5, 5.41) is 2.49. The molecular formula is C20H19ClFNO5. The van der Waals surface area contributed by atoms with Crippen molar-refractivity contribution in [2.45, 2.75) is 26.4 Å². The normalized spacial score (nSPS) is 11.5. The van der Waals surface area contributed by atoms with Gasteiger partial charge in [0.05, 0.1) is 24.2 Å². The Kier molecular flexibility index (Phi) is 7.12.